The van der Waals surface area contributed by atoms with Gasteiger partial charge in [-0.05, 0) is 6.92 Å². The number of amides is 1. The zero-order valence-corrected chi connectivity index (χ0v) is 21.1. The van der Waals surface area contributed by atoms with Crippen molar-refractivity contribution >= 4 is 46.9 Å². The molecule has 0 bridgehead atoms. The Labute approximate surface area is 201 Å². The Morgan fingerprint density at radius 3 is 2.31 bits per heavy atom. The number of nitrogens with one attached hydrogen (secondary N) is 2. The van der Waals surface area contributed by atoms with Crippen LogP contribution in [0.1, 0.15) is 15.2 Å². The number of sulfonamides is 1. The summed E-state index contributed by atoms with van der Waals surface area (Å²) in [7, 11) is -4.91. The summed E-state index contributed by atoms with van der Waals surface area (Å²) in [4.78, 5) is 61.8. The molecule has 0 radical (unpaired) electrons. The molecule has 0 aliphatic heterocycles. The molecule has 0 unspecified atom stereocenters. The van der Waals surface area contributed by atoms with Crippen LogP contribution in [0.4, 0.5) is 4.79 Å². The van der Waals surface area contributed by atoms with E-state index in [1.807, 2.05) is 0 Å². The minimum absolute atomic E-state index is 0.181. The molecule has 0 fully saturated rings. The number of hydrogen-bond acceptors (Lipinski definition) is 12. The van der Waals surface area contributed by atoms with Gasteiger partial charge in [0.2, 0.25) is 0 Å². The normalized spacial score (nSPS) is 11.3. The van der Waals surface area contributed by atoms with Crippen LogP contribution >= 0.6 is 18.9 Å². The molecule has 2 aromatic heterocycles. The summed E-state index contributed by atoms with van der Waals surface area (Å²) in [6.45, 7) is 1.03. The fraction of sp³-hybridized carbons (Fsp3) is 0.400. The second kappa shape index (κ2) is 12.0. The number of nitrogens with zero attached hydrogens (tertiary/aromatic N) is 3. The fourth-order valence-electron chi connectivity index (χ4n) is 2.28. The van der Waals surface area contributed by atoms with Crippen LogP contribution in [0.2, 0.25) is 0 Å². The van der Waals surface area contributed by atoms with Gasteiger partial charge < -0.3 is 24.4 Å². The molecule has 2 rings (SSSR count). The maximum Gasteiger partial charge on any atom is 0.360 e. The highest BCUT2D eigenvalue weighted by Crippen LogP contribution is 2.31. The summed E-state index contributed by atoms with van der Waals surface area (Å²) in [6, 6.07) is -1.50. The lowest BCUT2D eigenvalue weighted by Crippen LogP contribution is -2.40. The number of aryl methyl sites for hydroxylation is 1. The Balaban J connectivity index is 0.000000518. The highest BCUT2D eigenvalue weighted by atomic mass is 32.2. The fourth-order valence-corrected chi connectivity index (χ4v) is 5.18. The van der Waals surface area contributed by atoms with Gasteiger partial charge in [0.05, 0.1) is 32.6 Å². The number of aliphatic carboxylic acids is 1. The van der Waals surface area contributed by atoms with Gasteiger partial charge in [-0.25, -0.2) is 32.1 Å². The van der Waals surface area contributed by atoms with Gasteiger partial charge in [0.1, 0.15) is 4.90 Å². The molecule has 0 spiro atoms. The van der Waals surface area contributed by atoms with E-state index in [4.69, 9.17) is 19.6 Å². The predicted molar refractivity (Wildman–Crippen MR) is 118 cm³/mol. The summed E-state index contributed by atoms with van der Waals surface area (Å²) in [5.41, 5.74) is -1.11. The van der Waals surface area contributed by atoms with E-state index < -0.39 is 59.0 Å². The number of ether oxygens (including phenoxy) is 2. The number of carboxylic acid groups (broad SMARTS) is 1. The highest BCUT2D eigenvalue weighted by Gasteiger charge is 2.30. The number of thiophene rings is 1. The minimum Gasteiger partial charge on any atom is -0.480 e. The number of carbonyl (C=O) groups is 3. The molecule has 0 atom stereocenters. The van der Waals surface area contributed by atoms with E-state index in [0.717, 1.165) is 23.0 Å². The van der Waals surface area contributed by atoms with Crippen LogP contribution in [-0.2, 0) is 31.2 Å². The van der Waals surface area contributed by atoms with Crippen molar-refractivity contribution in [1.29, 1.82) is 0 Å². The Kier molecular flexibility index (Phi) is 10.3. The molecule has 1 amide bonds. The molecule has 5 N–H and O–H groups in total. The predicted octanol–water partition coefficient (Wildman–Crippen LogP) is -1.51. The Morgan fingerprint density at radius 1 is 1.26 bits per heavy atom. The van der Waals surface area contributed by atoms with Crippen LogP contribution in [0, 0.1) is 6.92 Å². The third kappa shape index (κ3) is 8.26. The number of methoxy groups -OCH3 is 2. The minimum atomic E-state index is -4.45. The van der Waals surface area contributed by atoms with E-state index in [1.54, 1.807) is 4.72 Å². The van der Waals surface area contributed by atoms with Crippen molar-refractivity contribution in [3.05, 3.63) is 26.3 Å². The van der Waals surface area contributed by atoms with Crippen molar-refractivity contribution < 1.29 is 51.7 Å². The van der Waals surface area contributed by atoms with Crippen LogP contribution in [0.5, 0.6) is 6.01 Å². The van der Waals surface area contributed by atoms with Crippen LogP contribution in [-0.4, -0.2) is 82.7 Å². The molecule has 2 heterocycles. The van der Waals surface area contributed by atoms with Crippen molar-refractivity contribution in [1.82, 2.24) is 24.4 Å². The van der Waals surface area contributed by atoms with E-state index in [1.165, 1.54) is 26.5 Å². The van der Waals surface area contributed by atoms with Crippen molar-refractivity contribution in [3.63, 3.8) is 0 Å². The van der Waals surface area contributed by atoms with Crippen molar-refractivity contribution in [2.45, 2.75) is 11.8 Å². The summed E-state index contributed by atoms with van der Waals surface area (Å²) in [5, 5.41) is 14.9. The summed E-state index contributed by atoms with van der Waals surface area (Å²) in [5.74, 6) is -2.01. The topological polar surface area (TPSA) is 245 Å². The lowest BCUT2D eigenvalue weighted by molar-refractivity contribution is -0.135. The average Bonchev–Trinajstić information content (AvgIpc) is 3.27. The molecule has 35 heavy (non-hydrogen) atoms. The Morgan fingerprint density at radius 2 is 1.86 bits per heavy atom. The molecular formula is C15H22N5O12PS2. The van der Waals surface area contributed by atoms with E-state index >= 15 is 0 Å². The van der Waals surface area contributed by atoms with Gasteiger partial charge in [0.25, 0.3) is 10.0 Å². The molecular weight excluding hydrogens is 537 g/mol. The zero-order valence-electron chi connectivity index (χ0n) is 18.6. The third-order valence-electron chi connectivity index (χ3n) is 3.72. The first-order chi connectivity index (χ1) is 16.1. The SMILES string of the molecule is COC(=O)c1csc(C)c1S(=O)(=O)NC(=O)n1nc(OC)n(C)c1=O.O=C(O)CNCP(=O)(O)O. The van der Waals surface area contributed by atoms with Gasteiger partial charge in [-0.15, -0.1) is 21.1 Å². The molecule has 0 aliphatic rings. The van der Waals surface area contributed by atoms with Crippen LogP contribution in [0.3, 0.4) is 0 Å². The Bertz CT molecular complexity index is 1310. The van der Waals surface area contributed by atoms with Gasteiger partial charge in [0.15, 0.2) is 0 Å². The molecule has 20 heteroatoms. The van der Waals surface area contributed by atoms with Gasteiger partial charge in [-0.3, -0.25) is 14.7 Å². The number of hydrogen-bond donors (Lipinski definition) is 5. The standard InChI is InChI=1S/C12H14N4O7S2.C3H8NO5P/c1-6-8(7(5-24-6)9(17)22-3)25(20,21)14-10(18)16-12(19)15(2)11(13-16)23-4;5-3(6)1-4-2-10(7,8)9/h5H,1-4H3,(H,14,18);4H,1-2H2,(H,5,6)(H2,7,8,9). The van der Waals surface area contributed by atoms with E-state index in [0.29, 0.717) is 4.68 Å². The van der Waals surface area contributed by atoms with Gasteiger partial charge in [-0.2, -0.15) is 0 Å². The Hall–Kier alpha value is -3.09. The van der Waals surface area contributed by atoms with Gasteiger partial charge >= 0.3 is 37.3 Å². The first-order valence-corrected chi connectivity index (χ1v) is 13.1. The van der Waals surface area contributed by atoms with Crippen LogP contribution in [0.25, 0.3) is 0 Å². The lowest BCUT2D eigenvalue weighted by atomic mass is 10.3. The molecule has 0 saturated carbocycles. The number of carboxylic acids is 1. The number of rotatable bonds is 8. The summed E-state index contributed by atoms with van der Waals surface area (Å²) < 4.78 is 47.3. The quantitative estimate of drug-likeness (QED) is 0.182. The van der Waals surface area contributed by atoms with Crippen molar-refractivity contribution in [3.8, 4) is 6.01 Å². The van der Waals surface area contributed by atoms with Crippen LogP contribution in [0.15, 0.2) is 15.1 Å². The van der Waals surface area contributed by atoms with Crippen molar-refractivity contribution in [2.75, 3.05) is 27.1 Å². The molecule has 0 aliphatic carbocycles. The van der Waals surface area contributed by atoms with Crippen molar-refractivity contribution in [2.24, 2.45) is 7.05 Å². The zero-order chi connectivity index (χ0) is 27.1. The van der Waals surface area contributed by atoms with E-state index in [2.05, 4.69) is 15.2 Å². The smallest absolute Gasteiger partial charge is 0.360 e. The molecule has 2 aromatic rings. The molecule has 0 saturated heterocycles. The average molecular weight is 559 g/mol. The molecule has 0 aromatic carbocycles. The summed E-state index contributed by atoms with van der Waals surface area (Å²) >= 11 is 0.998. The largest absolute Gasteiger partial charge is 0.480 e. The van der Waals surface area contributed by atoms with E-state index in [-0.39, 0.29) is 16.5 Å². The number of esters is 1. The summed E-state index contributed by atoms with van der Waals surface area (Å²) in [6.07, 6.45) is -0.598. The van der Waals surface area contributed by atoms with E-state index in [9.17, 15) is 32.2 Å². The lowest BCUT2D eigenvalue weighted by Gasteiger charge is -2.07. The van der Waals surface area contributed by atoms with Crippen LogP contribution < -0.4 is 20.5 Å². The second-order valence-corrected chi connectivity index (χ2v) is 10.7. The molecule has 17 nitrogen and oxygen atoms in total. The number of carbonyl (C=O) groups excluding carboxylic acids is 2. The molecule has 196 valence electrons. The van der Waals surface area contributed by atoms with Gasteiger partial charge in [-0.1, -0.05) is 0 Å². The highest BCUT2D eigenvalue weighted by molar-refractivity contribution is 7.90. The first-order valence-electron chi connectivity index (χ1n) is 8.96. The number of aromatic nitrogens is 3. The first kappa shape index (κ1) is 29.9. The maximum absolute atomic E-state index is 12.5. The third-order valence-corrected chi connectivity index (χ3v) is 6.91. The monoisotopic (exact) mass is 559 g/mol. The second-order valence-electron chi connectivity index (χ2n) is 6.32. The van der Waals surface area contributed by atoms with Gasteiger partial charge in [0, 0.05) is 17.3 Å². The maximum atomic E-state index is 12.5.